The molecule has 2 amide bonds. The largest absolute Gasteiger partial charge is 0.334 e. The van der Waals surface area contributed by atoms with Crippen LogP contribution < -0.4 is 15.4 Å². The molecular formula is C22H31N5O3S. The number of aryl methyl sites for hydroxylation is 1. The first-order valence-electron chi connectivity index (χ1n) is 10.6. The minimum absolute atomic E-state index is 0.112. The van der Waals surface area contributed by atoms with Gasteiger partial charge in [0.2, 0.25) is 10.0 Å². The first-order valence-corrected chi connectivity index (χ1v) is 12.3. The topological polar surface area (TPSA) is 103 Å². The third kappa shape index (κ3) is 7.02. The fourth-order valence-corrected chi connectivity index (χ4v) is 4.29. The Labute approximate surface area is 184 Å². The Morgan fingerprint density at radius 2 is 2.06 bits per heavy atom. The van der Waals surface area contributed by atoms with Crippen LogP contribution in [0.2, 0.25) is 0 Å². The second kappa shape index (κ2) is 10.7. The summed E-state index contributed by atoms with van der Waals surface area (Å²) in [6, 6.07) is 9.64. The maximum absolute atomic E-state index is 12.2. The third-order valence-corrected chi connectivity index (χ3v) is 6.81. The van der Waals surface area contributed by atoms with Gasteiger partial charge in [0.1, 0.15) is 0 Å². The maximum atomic E-state index is 12.2. The molecule has 1 aliphatic heterocycles. The van der Waals surface area contributed by atoms with Crippen molar-refractivity contribution in [1.82, 2.24) is 19.9 Å². The summed E-state index contributed by atoms with van der Waals surface area (Å²) in [7, 11) is -3.12. The molecule has 0 bridgehead atoms. The Hall–Kier alpha value is -2.49. The summed E-state index contributed by atoms with van der Waals surface area (Å²) in [6.07, 6.45) is 3.34. The van der Waals surface area contributed by atoms with Crippen molar-refractivity contribution in [1.29, 1.82) is 0 Å². The van der Waals surface area contributed by atoms with Gasteiger partial charge in [-0.2, -0.15) is 0 Å². The lowest BCUT2D eigenvalue weighted by atomic mass is 9.94. The average molecular weight is 446 g/mol. The lowest BCUT2D eigenvalue weighted by molar-refractivity contribution is 0.249. The number of amides is 2. The predicted molar refractivity (Wildman–Crippen MR) is 122 cm³/mol. The molecule has 1 aromatic carbocycles. The first kappa shape index (κ1) is 23.2. The van der Waals surface area contributed by atoms with Crippen LogP contribution in [0.3, 0.4) is 0 Å². The van der Waals surface area contributed by atoms with Crippen molar-refractivity contribution in [3.8, 4) is 0 Å². The van der Waals surface area contributed by atoms with E-state index in [1.54, 1.807) is 13.1 Å². The van der Waals surface area contributed by atoms with Crippen molar-refractivity contribution in [2.75, 3.05) is 30.7 Å². The number of nitrogens with one attached hydrogen (secondary N) is 3. The van der Waals surface area contributed by atoms with Gasteiger partial charge < -0.3 is 10.6 Å². The normalized spacial score (nSPS) is 14.1. The van der Waals surface area contributed by atoms with Crippen molar-refractivity contribution in [2.24, 2.45) is 0 Å². The van der Waals surface area contributed by atoms with Crippen LogP contribution in [0.4, 0.5) is 10.5 Å². The lowest BCUT2D eigenvalue weighted by Crippen LogP contribution is -2.35. The summed E-state index contributed by atoms with van der Waals surface area (Å²) < 4.78 is 25.6. The molecule has 3 N–H and O–H groups in total. The second-order valence-corrected chi connectivity index (χ2v) is 9.82. The van der Waals surface area contributed by atoms with Gasteiger partial charge in [-0.1, -0.05) is 18.2 Å². The zero-order valence-electron chi connectivity index (χ0n) is 18.1. The zero-order chi connectivity index (χ0) is 22.3. The highest BCUT2D eigenvalue weighted by Crippen LogP contribution is 2.22. The molecule has 0 unspecified atom stereocenters. The first-order chi connectivity index (χ1) is 14.9. The zero-order valence-corrected chi connectivity index (χ0v) is 19.0. The standard InChI is InChI=1S/C22H31N5O3S/c1-3-31(29,30)25-11-5-12-27-13-10-21-18(6-4-7-19(21)16-27)14-24-22(28)26-20-9-8-17(2)23-15-20/h4,6-9,15,25H,3,5,10-14,16H2,1-2H3,(H2,24,26,28). The fourth-order valence-electron chi connectivity index (χ4n) is 3.63. The van der Waals surface area contributed by atoms with Crippen LogP contribution in [-0.2, 0) is 29.5 Å². The van der Waals surface area contributed by atoms with E-state index in [0.29, 0.717) is 18.8 Å². The number of urea groups is 1. The van der Waals surface area contributed by atoms with Gasteiger partial charge in [-0.05, 0) is 62.1 Å². The molecule has 8 nitrogen and oxygen atoms in total. The Kier molecular flexibility index (Phi) is 8.00. The smallest absolute Gasteiger partial charge is 0.319 e. The number of hydrogen-bond acceptors (Lipinski definition) is 5. The maximum Gasteiger partial charge on any atom is 0.319 e. The van der Waals surface area contributed by atoms with Gasteiger partial charge in [0.05, 0.1) is 17.6 Å². The van der Waals surface area contributed by atoms with Gasteiger partial charge in [0.15, 0.2) is 0 Å². The molecule has 31 heavy (non-hydrogen) atoms. The number of carbonyl (C=O) groups excluding carboxylic acids is 1. The van der Waals surface area contributed by atoms with E-state index in [-0.39, 0.29) is 11.8 Å². The minimum atomic E-state index is -3.12. The summed E-state index contributed by atoms with van der Waals surface area (Å²) in [5.41, 5.74) is 5.25. The lowest BCUT2D eigenvalue weighted by Gasteiger charge is -2.30. The van der Waals surface area contributed by atoms with E-state index in [1.165, 1.54) is 11.1 Å². The van der Waals surface area contributed by atoms with Gasteiger partial charge in [-0.25, -0.2) is 17.9 Å². The number of anilines is 1. The molecule has 2 aromatic rings. The van der Waals surface area contributed by atoms with E-state index in [9.17, 15) is 13.2 Å². The molecule has 168 valence electrons. The second-order valence-electron chi connectivity index (χ2n) is 7.73. The number of sulfonamides is 1. The molecule has 3 rings (SSSR count). The molecule has 0 aliphatic carbocycles. The molecule has 2 heterocycles. The molecule has 9 heteroatoms. The van der Waals surface area contributed by atoms with Crippen molar-refractivity contribution in [2.45, 2.75) is 39.8 Å². The molecule has 0 saturated carbocycles. The Bertz CT molecular complexity index is 993. The molecule has 0 spiro atoms. The molecule has 0 fully saturated rings. The van der Waals surface area contributed by atoms with E-state index < -0.39 is 10.0 Å². The number of aromatic nitrogens is 1. The van der Waals surface area contributed by atoms with E-state index >= 15 is 0 Å². The van der Waals surface area contributed by atoms with Crippen molar-refractivity contribution in [3.05, 3.63) is 58.9 Å². The Balaban J connectivity index is 1.49. The van der Waals surface area contributed by atoms with E-state index in [4.69, 9.17) is 0 Å². The number of fused-ring (bicyclic) bond motifs is 1. The summed E-state index contributed by atoms with van der Waals surface area (Å²) >= 11 is 0. The van der Waals surface area contributed by atoms with Crippen molar-refractivity contribution < 1.29 is 13.2 Å². The number of carbonyl (C=O) groups is 1. The van der Waals surface area contributed by atoms with Crippen molar-refractivity contribution in [3.63, 3.8) is 0 Å². The van der Waals surface area contributed by atoms with Crippen LogP contribution in [0.15, 0.2) is 36.5 Å². The van der Waals surface area contributed by atoms with Gasteiger partial charge in [-0.3, -0.25) is 9.88 Å². The van der Waals surface area contributed by atoms with Crippen LogP contribution in [-0.4, -0.2) is 49.7 Å². The van der Waals surface area contributed by atoms with Gasteiger partial charge in [-0.15, -0.1) is 0 Å². The van der Waals surface area contributed by atoms with Crippen LogP contribution in [0.25, 0.3) is 0 Å². The SMILES string of the molecule is CCS(=O)(=O)NCCCN1CCc2c(CNC(=O)Nc3ccc(C)nc3)cccc2C1. The summed E-state index contributed by atoms with van der Waals surface area (Å²) in [6.45, 7) is 7.08. The third-order valence-electron chi connectivity index (χ3n) is 5.40. The Morgan fingerprint density at radius 1 is 1.23 bits per heavy atom. The van der Waals surface area contributed by atoms with Gasteiger partial charge in [0.25, 0.3) is 0 Å². The van der Waals surface area contributed by atoms with Crippen molar-refractivity contribution >= 4 is 21.7 Å². The predicted octanol–water partition coefficient (Wildman–Crippen LogP) is 2.40. The van der Waals surface area contributed by atoms with Crippen LogP contribution in [0.5, 0.6) is 0 Å². The number of nitrogens with zero attached hydrogens (tertiary/aromatic N) is 2. The highest BCUT2D eigenvalue weighted by molar-refractivity contribution is 7.89. The average Bonchev–Trinajstić information content (AvgIpc) is 2.76. The van der Waals surface area contributed by atoms with Gasteiger partial charge >= 0.3 is 6.03 Å². The number of benzene rings is 1. The van der Waals surface area contributed by atoms with E-state index in [0.717, 1.165) is 43.7 Å². The van der Waals surface area contributed by atoms with Gasteiger partial charge in [0, 0.05) is 31.9 Å². The fraction of sp³-hybridized carbons (Fsp3) is 0.455. The molecule has 0 atom stereocenters. The highest BCUT2D eigenvalue weighted by atomic mass is 32.2. The number of rotatable bonds is 9. The molecule has 1 aliphatic rings. The summed E-state index contributed by atoms with van der Waals surface area (Å²) in [5.74, 6) is 0.112. The molecule has 0 radical (unpaired) electrons. The Morgan fingerprint density at radius 3 is 2.81 bits per heavy atom. The van der Waals surface area contributed by atoms with Crippen LogP contribution >= 0.6 is 0 Å². The monoisotopic (exact) mass is 445 g/mol. The summed E-state index contributed by atoms with van der Waals surface area (Å²) in [5, 5.41) is 5.73. The summed E-state index contributed by atoms with van der Waals surface area (Å²) in [4.78, 5) is 18.7. The highest BCUT2D eigenvalue weighted by Gasteiger charge is 2.18. The minimum Gasteiger partial charge on any atom is -0.334 e. The molecule has 1 aromatic heterocycles. The number of pyridine rings is 1. The molecule has 0 saturated heterocycles. The van der Waals surface area contributed by atoms with Crippen LogP contribution in [0.1, 0.15) is 35.7 Å². The van der Waals surface area contributed by atoms with Crippen LogP contribution in [0, 0.1) is 6.92 Å². The van der Waals surface area contributed by atoms with E-state index in [1.807, 2.05) is 25.1 Å². The molecular weight excluding hydrogens is 414 g/mol. The number of hydrogen-bond donors (Lipinski definition) is 3. The quantitative estimate of drug-likeness (QED) is 0.514. The van der Waals surface area contributed by atoms with E-state index in [2.05, 4.69) is 37.4 Å².